The van der Waals surface area contributed by atoms with Crippen LogP contribution in [0, 0.1) is 11.8 Å². The minimum absolute atomic E-state index is 0.0267. The van der Waals surface area contributed by atoms with Gasteiger partial charge in [0.25, 0.3) is 11.8 Å². The van der Waals surface area contributed by atoms with E-state index >= 15 is 0 Å². The van der Waals surface area contributed by atoms with Gasteiger partial charge in [-0.3, -0.25) is 28.9 Å². The number of imide groups is 1. The lowest BCUT2D eigenvalue weighted by Crippen LogP contribution is -2.51. The summed E-state index contributed by atoms with van der Waals surface area (Å²) in [7, 11) is 3.18. The number of nitrogens with zero attached hydrogens (tertiary/aromatic N) is 2. The first kappa shape index (κ1) is 29.3. The van der Waals surface area contributed by atoms with Gasteiger partial charge in [-0.25, -0.2) is 0 Å². The summed E-state index contributed by atoms with van der Waals surface area (Å²) in [6.07, 6.45) is 4.39. The summed E-state index contributed by atoms with van der Waals surface area (Å²) in [5.74, 6) is -1.46. The zero-order valence-electron chi connectivity index (χ0n) is 24.2. The molecule has 0 saturated heterocycles. The van der Waals surface area contributed by atoms with Gasteiger partial charge in [0.15, 0.2) is 0 Å². The molecule has 3 aliphatic rings. The van der Waals surface area contributed by atoms with E-state index in [-0.39, 0.29) is 36.1 Å². The summed E-state index contributed by atoms with van der Waals surface area (Å²) in [5, 5.41) is 5.33. The average molecular weight is 575 g/mol. The summed E-state index contributed by atoms with van der Waals surface area (Å²) in [6, 6.07) is 11.8. The van der Waals surface area contributed by atoms with Gasteiger partial charge >= 0.3 is 0 Å². The van der Waals surface area contributed by atoms with E-state index in [1.54, 1.807) is 43.3 Å². The molecule has 0 spiro atoms. The number of hydrogen-bond acceptors (Lipinski definition) is 6. The normalized spacial score (nSPS) is 21.4. The third-order valence-corrected chi connectivity index (χ3v) is 8.76. The first-order chi connectivity index (χ1) is 20.3. The Morgan fingerprint density at radius 3 is 2.26 bits per heavy atom. The Bertz CT molecular complexity index is 1360. The van der Waals surface area contributed by atoms with Gasteiger partial charge in [-0.15, -0.1) is 0 Å². The van der Waals surface area contributed by atoms with Crippen molar-refractivity contribution in [1.29, 1.82) is 0 Å². The van der Waals surface area contributed by atoms with Gasteiger partial charge < -0.3 is 20.3 Å². The molecule has 10 nitrogen and oxygen atoms in total. The fourth-order valence-electron chi connectivity index (χ4n) is 6.57. The van der Waals surface area contributed by atoms with Crippen molar-refractivity contribution in [2.45, 2.75) is 51.0 Å². The van der Waals surface area contributed by atoms with E-state index in [1.807, 2.05) is 18.2 Å². The predicted octanol–water partition coefficient (Wildman–Crippen LogP) is 2.87. The van der Waals surface area contributed by atoms with Crippen molar-refractivity contribution in [3.8, 4) is 5.75 Å². The number of amides is 5. The molecule has 0 aromatic heterocycles. The molecule has 42 heavy (non-hydrogen) atoms. The molecule has 222 valence electrons. The van der Waals surface area contributed by atoms with Crippen molar-refractivity contribution in [1.82, 2.24) is 20.4 Å². The molecule has 0 bridgehead atoms. The van der Waals surface area contributed by atoms with Crippen molar-refractivity contribution in [2.75, 3.05) is 33.8 Å². The highest BCUT2D eigenvalue weighted by molar-refractivity contribution is 6.21. The van der Waals surface area contributed by atoms with Gasteiger partial charge in [0, 0.05) is 44.5 Å². The third kappa shape index (κ3) is 5.62. The third-order valence-electron chi connectivity index (χ3n) is 8.76. The topological polar surface area (TPSA) is 125 Å². The van der Waals surface area contributed by atoms with Gasteiger partial charge in [0.1, 0.15) is 5.75 Å². The summed E-state index contributed by atoms with van der Waals surface area (Å²) in [6.45, 7) is 0.663. The average Bonchev–Trinajstić information content (AvgIpc) is 3.27. The van der Waals surface area contributed by atoms with E-state index < -0.39 is 17.9 Å². The van der Waals surface area contributed by atoms with Crippen LogP contribution in [0.5, 0.6) is 5.75 Å². The molecule has 5 amide bonds. The van der Waals surface area contributed by atoms with Gasteiger partial charge in [0.2, 0.25) is 17.7 Å². The molecule has 5 rings (SSSR count). The van der Waals surface area contributed by atoms with Crippen LogP contribution in [-0.4, -0.2) is 73.1 Å². The first-order valence-corrected chi connectivity index (χ1v) is 14.8. The number of carbonyl (C=O) groups excluding carboxylic acids is 5. The molecule has 2 aromatic carbocycles. The minimum Gasteiger partial charge on any atom is -0.493 e. The second-order valence-corrected chi connectivity index (χ2v) is 11.1. The van der Waals surface area contributed by atoms with Gasteiger partial charge in [-0.1, -0.05) is 37.1 Å². The maximum absolute atomic E-state index is 14.3. The molecule has 2 N–H and O–H groups in total. The minimum atomic E-state index is -0.647. The van der Waals surface area contributed by atoms with E-state index in [0.717, 1.165) is 24.0 Å². The maximum Gasteiger partial charge on any atom is 0.261 e. The molecule has 3 atom stereocenters. The maximum atomic E-state index is 14.3. The fourth-order valence-corrected chi connectivity index (χ4v) is 6.57. The lowest BCUT2D eigenvalue weighted by molar-refractivity contribution is -0.146. The quantitative estimate of drug-likeness (QED) is 0.351. The summed E-state index contributed by atoms with van der Waals surface area (Å²) in [5.41, 5.74) is 2.45. The number of rotatable bonds is 9. The Kier molecular flexibility index (Phi) is 8.89. The highest BCUT2D eigenvalue weighted by atomic mass is 16.5. The molecule has 1 saturated carbocycles. The smallest absolute Gasteiger partial charge is 0.261 e. The summed E-state index contributed by atoms with van der Waals surface area (Å²) in [4.78, 5) is 68.6. The molecule has 1 fully saturated rings. The molecular weight excluding hydrogens is 536 g/mol. The SMILES string of the molecule is CNC(=O)CCCOc1cccc2c1C(CN1C(=O)c3ccccc3C1=O)N(C(=O)[C@@H]1CCCC[C@@H]1C(=O)NC)CC2. The molecule has 1 unspecified atom stereocenters. The van der Waals surface area contributed by atoms with Crippen LogP contribution >= 0.6 is 0 Å². The second-order valence-electron chi connectivity index (χ2n) is 11.1. The zero-order valence-corrected chi connectivity index (χ0v) is 24.2. The van der Waals surface area contributed by atoms with Gasteiger partial charge in [-0.2, -0.15) is 0 Å². The number of carbonyl (C=O) groups is 5. The Balaban J connectivity index is 1.49. The zero-order chi connectivity index (χ0) is 29.8. The summed E-state index contributed by atoms with van der Waals surface area (Å²) < 4.78 is 6.19. The molecule has 2 aromatic rings. The highest BCUT2D eigenvalue weighted by Gasteiger charge is 2.44. The van der Waals surface area contributed by atoms with Crippen LogP contribution in [0.3, 0.4) is 0 Å². The van der Waals surface area contributed by atoms with Crippen LogP contribution in [0.25, 0.3) is 0 Å². The van der Waals surface area contributed by atoms with Gasteiger partial charge in [0.05, 0.1) is 30.3 Å². The summed E-state index contributed by atoms with van der Waals surface area (Å²) >= 11 is 0. The van der Waals surface area contributed by atoms with E-state index in [2.05, 4.69) is 10.6 Å². The Morgan fingerprint density at radius 2 is 1.60 bits per heavy atom. The van der Waals surface area contributed by atoms with Gasteiger partial charge in [-0.05, 0) is 49.4 Å². The Morgan fingerprint density at radius 1 is 0.905 bits per heavy atom. The van der Waals surface area contributed by atoms with Crippen molar-refractivity contribution in [2.24, 2.45) is 11.8 Å². The van der Waals surface area contributed by atoms with Crippen molar-refractivity contribution < 1.29 is 28.7 Å². The van der Waals surface area contributed by atoms with Crippen LogP contribution in [-0.2, 0) is 20.8 Å². The fraction of sp³-hybridized carbons (Fsp3) is 0.469. The van der Waals surface area contributed by atoms with Crippen molar-refractivity contribution >= 4 is 29.5 Å². The second kappa shape index (κ2) is 12.8. The molecule has 2 heterocycles. The van der Waals surface area contributed by atoms with Crippen molar-refractivity contribution in [3.63, 3.8) is 0 Å². The lowest BCUT2D eigenvalue weighted by atomic mass is 9.77. The van der Waals surface area contributed by atoms with Crippen molar-refractivity contribution in [3.05, 3.63) is 64.7 Å². The highest BCUT2D eigenvalue weighted by Crippen LogP contribution is 2.41. The lowest BCUT2D eigenvalue weighted by Gasteiger charge is -2.42. The molecule has 10 heteroatoms. The van der Waals surface area contributed by atoms with E-state index in [1.165, 1.54) is 4.90 Å². The standard InChI is InChI=1S/C32H38N4O6/c1-33-27(37)15-8-18-42-26-14-7-9-20-16-17-35(30(39)22-11-4-3-10-21(22)29(38)34-2)25(28(20)26)19-36-31(40)23-12-5-6-13-24(23)32(36)41/h5-7,9,12-14,21-22,25H,3-4,8,10-11,15-19H2,1-2H3,(H,33,37)(H,34,38)/t21-,22+,25?/m0/s1. The Labute approximate surface area is 245 Å². The number of ether oxygens (including phenoxy) is 1. The predicted molar refractivity (Wildman–Crippen MR) is 155 cm³/mol. The van der Waals surface area contributed by atoms with Crippen LogP contribution < -0.4 is 15.4 Å². The Hall–Kier alpha value is -4.21. The molecule has 1 aliphatic carbocycles. The van der Waals surface area contributed by atoms with E-state index in [9.17, 15) is 24.0 Å². The number of fused-ring (bicyclic) bond motifs is 2. The first-order valence-electron chi connectivity index (χ1n) is 14.8. The number of benzene rings is 2. The number of nitrogens with one attached hydrogen (secondary N) is 2. The van der Waals surface area contributed by atoms with E-state index in [0.29, 0.717) is 62.1 Å². The molecule has 0 radical (unpaired) electrons. The monoisotopic (exact) mass is 574 g/mol. The molecule has 2 aliphatic heterocycles. The molecular formula is C32H38N4O6. The van der Waals surface area contributed by atoms with Crippen LogP contribution in [0.2, 0.25) is 0 Å². The van der Waals surface area contributed by atoms with Crippen LogP contribution in [0.15, 0.2) is 42.5 Å². The largest absolute Gasteiger partial charge is 0.493 e. The van der Waals surface area contributed by atoms with Crippen LogP contribution in [0.4, 0.5) is 0 Å². The number of hydrogen-bond donors (Lipinski definition) is 2. The van der Waals surface area contributed by atoms with E-state index in [4.69, 9.17) is 4.74 Å². The van der Waals surface area contributed by atoms with Crippen LogP contribution in [0.1, 0.15) is 76.4 Å².